The number of aryl methyl sites for hydroxylation is 1. The molecule has 5 rings (SSSR count). The zero-order chi connectivity index (χ0) is 21.2. The van der Waals surface area contributed by atoms with Crippen molar-refractivity contribution in [3.8, 4) is 0 Å². The molecule has 0 saturated carbocycles. The quantitative estimate of drug-likeness (QED) is 0.513. The zero-order valence-corrected chi connectivity index (χ0v) is 18.9. The van der Waals surface area contributed by atoms with Gasteiger partial charge >= 0.3 is 0 Å². The van der Waals surface area contributed by atoms with Crippen LogP contribution in [0.1, 0.15) is 70.8 Å². The largest absolute Gasteiger partial charge is 0.459 e. The number of fused-ring (bicyclic) bond motifs is 1. The van der Waals surface area contributed by atoms with Crippen molar-refractivity contribution < 1.29 is 9.21 Å². The van der Waals surface area contributed by atoms with Crippen LogP contribution in [0, 0.1) is 5.92 Å². The first-order valence-corrected chi connectivity index (χ1v) is 12.3. The SMILES string of the molecule is CC1CCN([C@@H](c2ccccc2)c2c(NC(=O)c3ccco3)sc3c2CCCC3)CC1. The molecule has 0 unspecified atom stereocenters. The van der Waals surface area contributed by atoms with E-state index in [1.807, 2.05) is 0 Å². The first-order chi connectivity index (χ1) is 15.2. The van der Waals surface area contributed by atoms with Gasteiger partial charge < -0.3 is 9.73 Å². The number of carbonyl (C=O) groups is 1. The van der Waals surface area contributed by atoms with Crippen molar-refractivity contribution in [2.45, 2.75) is 51.5 Å². The third kappa shape index (κ3) is 4.21. The number of piperidine rings is 1. The molecule has 0 spiro atoms. The highest BCUT2D eigenvalue weighted by Crippen LogP contribution is 2.46. The molecular weight excluding hydrogens is 404 g/mol. The molecule has 1 saturated heterocycles. The van der Waals surface area contributed by atoms with Crippen LogP contribution < -0.4 is 5.32 Å². The van der Waals surface area contributed by atoms with Crippen molar-refractivity contribution in [1.82, 2.24) is 4.90 Å². The summed E-state index contributed by atoms with van der Waals surface area (Å²) >= 11 is 1.77. The summed E-state index contributed by atoms with van der Waals surface area (Å²) in [6.45, 7) is 4.55. The molecule has 31 heavy (non-hydrogen) atoms. The molecule has 1 aliphatic carbocycles. The minimum absolute atomic E-state index is 0.163. The molecule has 1 N–H and O–H groups in total. The van der Waals surface area contributed by atoms with Crippen LogP contribution in [-0.4, -0.2) is 23.9 Å². The van der Waals surface area contributed by atoms with E-state index in [-0.39, 0.29) is 11.9 Å². The fraction of sp³-hybridized carbons (Fsp3) is 0.423. The summed E-state index contributed by atoms with van der Waals surface area (Å²) in [5.74, 6) is 0.978. The minimum atomic E-state index is -0.163. The Labute approximate surface area is 188 Å². The summed E-state index contributed by atoms with van der Waals surface area (Å²) in [4.78, 5) is 17.0. The summed E-state index contributed by atoms with van der Waals surface area (Å²) in [5, 5.41) is 4.23. The van der Waals surface area contributed by atoms with Crippen LogP contribution in [0.4, 0.5) is 5.00 Å². The molecule has 1 amide bonds. The van der Waals surface area contributed by atoms with Crippen molar-refractivity contribution in [2.24, 2.45) is 5.92 Å². The van der Waals surface area contributed by atoms with Gasteiger partial charge in [-0.3, -0.25) is 9.69 Å². The molecule has 3 heterocycles. The van der Waals surface area contributed by atoms with Gasteiger partial charge in [0.1, 0.15) is 5.00 Å². The Bertz CT molecular complexity index is 1020. The highest BCUT2D eigenvalue weighted by Gasteiger charge is 2.33. The van der Waals surface area contributed by atoms with E-state index in [1.165, 1.54) is 47.3 Å². The zero-order valence-electron chi connectivity index (χ0n) is 18.1. The van der Waals surface area contributed by atoms with Crippen LogP contribution in [0.15, 0.2) is 53.1 Å². The van der Waals surface area contributed by atoms with E-state index in [4.69, 9.17) is 4.42 Å². The average molecular weight is 435 g/mol. The molecule has 1 fully saturated rings. The Morgan fingerprint density at radius 1 is 1.10 bits per heavy atom. The molecule has 0 bridgehead atoms. The first kappa shape index (κ1) is 20.5. The molecular formula is C26H30N2O2S. The van der Waals surface area contributed by atoms with Gasteiger partial charge in [-0.05, 0) is 80.8 Å². The van der Waals surface area contributed by atoms with Gasteiger partial charge in [-0.2, -0.15) is 0 Å². The number of nitrogens with zero attached hydrogens (tertiary/aromatic N) is 1. The van der Waals surface area contributed by atoms with Crippen LogP contribution in [0.25, 0.3) is 0 Å². The van der Waals surface area contributed by atoms with E-state index in [0.717, 1.165) is 36.9 Å². The van der Waals surface area contributed by atoms with E-state index in [1.54, 1.807) is 29.7 Å². The normalized spacial score (nSPS) is 18.5. The van der Waals surface area contributed by atoms with Gasteiger partial charge in [0.25, 0.3) is 5.91 Å². The number of furan rings is 1. The third-order valence-electron chi connectivity index (χ3n) is 6.76. The topological polar surface area (TPSA) is 45.5 Å². The van der Waals surface area contributed by atoms with Crippen molar-refractivity contribution in [1.29, 1.82) is 0 Å². The number of rotatable bonds is 5. The lowest BCUT2D eigenvalue weighted by Crippen LogP contribution is -2.37. The fourth-order valence-corrected chi connectivity index (χ4v) is 6.34. The minimum Gasteiger partial charge on any atom is -0.459 e. The highest BCUT2D eigenvalue weighted by atomic mass is 32.1. The van der Waals surface area contributed by atoms with Gasteiger partial charge in [0.05, 0.1) is 12.3 Å². The summed E-state index contributed by atoms with van der Waals surface area (Å²) in [7, 11) is 0. The van der Waals surface area contributed by atoms with Crippen molar-refractivity contribution >= 4 is 22.2 Å². The Morgan fingerprint density at radius 3 is 2.61 bits per heavy atom. The lowest BCUT2D eigenvalue weighted by Gasteiger charge is -2.38. The number of likely N-dealkylation sites (tertiary alicyclic amines) is 1. The molecule has 5 heteroatoms. The first-order valence-electron chi connectivity index (χ1n) is 11.5. The van der Waals surface area contributed by atoms with Gasteiger partial charge in [0.2, 0.25) is 0 Å². The number of amides is 1. The van der Waals surface area contributed by atoms with Gasteiger partial charge in [-0.15, -0.1) is 11.3 Å². The maximum absolute atomic E-state index is 12.9. The van der Waals surface area contributed by atoms with Gasteiger partial charge in [0, 0.05) is 10.4 Å². The van der Waals surface area contributed by atoms with Crippen molar-refractivity contribution in [2.75, 3.05) is 18.4 Å². The molecule has 1 aliphatic heterocycles. The Morgan fingerprint density at radius 2 is 1.87 bits per heavy atom. The summed E-state index contributed by atoms with van der Waals surface area (Å²) in [6.07, 6.45) is 8.68. The number of hydrogen-bond donors (Lipinski definition) is 1. The predicted octanol–water partition coefficient (Wildman–Crippen LogP) is 6.29. The molecule has 4 nitrogen and oxygen atoms in total. The lowest BCUT2D eigenvalue weighted by atomic mass is 9.87. The second-order valence-electron chi connectivity index (χ2n) is 8.92. The molecule has 2 aliphatic rings. The van der Waals surface area contributed by atoms with Crippen LogP contribution in [0.2, 0.25) is 0 Å². The molecule has 3 aromatic rings. The number of thiophene rings is 1. The summed E-state index contributed by atoms with van der Waals surface area (Å²) < 4.78 is 5.36. The number of hydrogen-bond acceptors (Lipinski definition) is 4. The predicted molar refractivity (Wildman–Crippen MR) is 126 cm³/mol. The Hall–Kier alpha value is -2.37. The Balaban J connectivity index is 1.59. The number of anilines is 1. The van der Waals surface area contributed by atoms with E-state index in [2.05, 4.69) is 47.5 Å². The molecule has 162 valence electrons. The average Bonchev–Trinajstić information content (AvgIpc) is 3.45. The van der Waals surface area contributed by atoms with Crippen LogP contribution >= 0.6 is 11.3 Å². The van der Waals surface area contributed by atoms with Gasteiger partial charge in [0.15, 0.2) is 5.76 Å². The Kier molecular flexibility index (Phi) is 5.97. The van der Waals surface area contributed by atoms with Crippen LogP contribution in [0.3, 0.4) is 0 Å². The van der Waals surface area contributed by atoms with Gasteiger partial charge in [-0.1, -0.05) is 37.3 Å². The molecule has 1 aromatic carbocycles. The maximum Gasteiger partial charge on any atom is 0.291 e. The smallest absolute Gasteiger partial charge is 0.291 e. The monoisotopic (exact) mass is 434 g/mol. The number of benzene rings is 1. The summed E-state index contributed by atoms with van der Waals surface area (Å²) in [5.41, 5.74) is 4.11. The van der Waals surface area contributed by atoms with E-state index in [9.17, 15) is 4.79 Å². The maximum atomic E-state index is 12.9. The number of carbonyl (C=O) groups excluding carboxylic acids is 1. The highest BCUT2D eigenvalue weighted by molar-refractivity contribution is 7.16. The second kappa shape index (κ2) is 9.01. The van der Waals surface area contributed by atoms with Crippen molar-refractivity contribution in [3.05, 3.63) is 76.1 Å². The van der Waals surface area contributed by atoms with Crippen LogP contribution in [0.5, 0.6) is 0 Å². The van der Waals surface area contributed by atoms with Crippen molar-refractivity contribution in [3.63, 3.8) is 0 Å². The van der Waals surface area contributed by atoms with E-state index < -0.39 is 0 Å². The second-order valence-corrected chi connectivity index (χ2v) is 10.0. The standard InChI is InChI=1S/C26H30N2O2S/c1-18-13-15-28(16-14-18)24(19-8-3-2-4-9-19)23-20-10-5-6-12-22(20)31-26(23)27-25(29)21-11-7-17-30-21/h2-4,7-9,11,17-18,24H,5-6,10,12-16H2,1H3,(H,27,29)/t24-/m0/s1. The summed E-state index contributed by atoms with van der Waals surface area (Å²) in [6, 6.07) is 14.5. The van der Waals surface area contributed by atoms with E-state index >= 15 is 0 Å². The van der Waals surface area contributed by atoms with Gasteiger partial charge in [-0.25, -0.2) is 0 Å². The number of nitrogens with one attached hydrogen (secondary N) is 1. The molecule has 1 atom stereocenters. The fourth-order valence-electron chi connectivity index (χ4n) is 5.03. The van der Waals surface area contributed by atoms with Crippen LogP contribution in [-0.2, 0) is 12.8 Å². The third-order valence-corrected chi connectivity index (χ3v) is 7.98. The molecule has 2 aromatic heterocycles. The van der Waals surface area contributed by atoms with E-state index in [0.29, 0.717) is 5.76 Å². The lowest BCUT2D eigenvalue weighted by molar-refractivity contribution is 0.0996. The molecule has 0 radical (unpaired) electrons.